The molecule has 29 heteroatoms. The number of aliphatic hydroxyl groups excluding tert-OH is 13. The predicted octanol–water partition coefficient (Wildman–Crippen LogP) is -2.51. The van der Waals surface area contributed by atoms with Gasteiger partial charge in [0.05, 0.1) is 43.7 Å². The van der Waals surface area contributed by atoms with E-state index in [1.54, 1.807) is 6.08 Å². The maximum atomic E-state index is 13.1. The molecule has 34 atom stereocenters. The Morgan fingerprint density at radius 1 is 0.605 bits per heavy atom. The lowest BCUT2D eigenvalue weighted by Gasteiger charge is -2.59. The molecule has 0 amide bonds. The Bertz CT molecular complexity index is 2490. The van der Waals surface area contributed by atoms with Crippen LogP contribution in [0.5, 0.6) is 0 Å². The molecular weight excluding hydrogens is 1160 g/mol. The van der Waals surface area contributed by atoms with E-state index < -0.39 is 201 Å². The first-order valence-electron chi connectivity index (χ1n) is 30.1. The van der Waals surface area contributed by atoms with Gasteiger partial charge in [-0.05, 0) is 126 Å². The van der Waals surface area contributed by atoms with Crippen LogP contribution in [0.3, 0.4) is 0 Å². The van der Waals surface area contributed by atoms with Crippen LogP contribution >= 0.6 is 0 Å². The highest BCUT2D eigenvalue weighted by Gasteiger charge is 2.63. The highest BCUT2D eigenvalue weighted by molar-refractivity contribution is 7.80. The van der Waals surface area contributed by atoms with Crippen molar-refractivity contribution in [1.82, 2.24) is 0 Å². The summed E-state index contributed by atoms with van der Waals surface area (Å²) in [6, 6.07) is 0. The minimum atomic E-state index is -4.89. The van der Waals surface area contributed by atoms with Crippen LogP contribution in [0.15, 0.2) is 23.3 Å². The van der Waals surface area contributed by atoms with Crippen molar-refractivity contribution in [2.75, 3.05) is 13.2 Å². The van der Waals surface area contributed by atoms with E-state index in [4.69, 9.17) is 51.6 Å². The summed E-state index contributed by atoms with van der Waals surface area (Å²) in [7, 11) is -4.89. The second kappa shape index (κ2) is 27.0. The largest absolute Gasteiger partial charge is 0.397 e. The average Bonchev–Trinajstić information content (AvgIpc) is 1.29. The molecule has 86 heavy (non-hydrogen) atoms. The Balaban J connectivity index is 1.00. The van der Waals surface area contributed by atoms with Crippen molar-refractivity contribution in [3.8, 4) is 0 Å². The monoisotopic (exact) mass is 1260 g/mol. The molecule has 8 fully saturated rings. The average molecular weight is 1260 g/mol. The van der Waals surface area contributed by atoms with Crippen molar-refractivity contribution in [3.05, 3.63) is 23.3 Å². The van der Waals surface area contributed by atoms with Crippen LogP contribution in [-0.2, 0) is 66.7 Å². The van der Waals surface area contributed by atoms with Gasteiger partial charge in [-0.3, -0.25) is 9.35 Å². The lowest BCUT2D eigenvalue weighted by molar-refractivity contribution is -0.407. The molecule has 9 rings (SSSR count). The molecule has 0 aromatic rings. The maximum Gasteiger partial charge on any atom is 0.397 e. The van der Waals surface area contributed by atoms with Gasteiger partial charge in [-0.25, -0.2) is 4.18 Å². The van der Waals surface area contributed by atoms with Crippen molar-refractivity contribution in [1.29, 1.82) is 0 Å². The van der Waals surface area contributed by atoms with Crippen LogP contribution in [0, 0.1) is 40.4 Å². The van der Waals surface area contributed by atoms with Crippen molar-refractivity contribution < 1.29 is 136 Å². The molecule has 28 nitrogen and oxygen atoms in total. The molecule has 4 aliphatic carbocycles. The first kappa shape index (κ1) is 68.5. The molecule has 0 spiro atoms. The van der Waals surface area contributed by atoms with E-state index in [9.17, 15) is 84.1 Å². The smallest absolute Gasteiger partial charge is 0.394 e. The summed E-state index contributed by atoms with van der Waals surface area (Å²) in [4.78, 5) is 13.1. The van der Waals surface area contributed by atoms with Gasteiger partial charge in [0.1, 0.15) is 104 Å². The van der Waals surface area contributed by atoms with Gasteiger partial charge in [0.15, 0.2) is 37.2 Å². The van der Waals surface area contributed by atoms with E-state index in [1.165, 1.54) is 26.3 Å². The number of aliphatic hydroxyl groups is 13. The number of ketones is 1. The number of hydrogen-bond donors (Lipinski definition) is 14. The molecule has 5 heterocycles. The van der Waals surface area contributed by atoms with Crippen molar-refractivity contribution in [2.45, 2.75) is 272 Å². The molecule has 0 radical (unpaired) electrons. The van der Waals surface area contributed by atoms with E-state index in [2.05, 4.69) is 26.8 Å². The van der Waals surface area contributed by atoms with E-state index in [0.29, 0.717) is 19.3 Å². The Morgan fingerprint density at radius 2 is 1.13 bits per heavy atom. The summed E-state index contributed by atoms with van der Waals surface area (Å²) in [5, 5.41) is 145. The summed E-state index contributed by atoms with van der Waals surface area (Å²) in [6.07, 6.45) is -37.8. The number of fused-ring (bicyclic) bond motifs is 5. The second-order valence-electron chi connectivity index (χ2n) is 26.4. The maximum absolute atomic E-state index is 13.1. The molecule has 494 valence electrons. The number of carbonyl (C=O) groups is 1. The summed E-state index contributed by atoms with van der Waals surface area (Å²) < 4.78 is 101. The first-order chi connectivity index (χ1) is 40.3. The zero-order valence-electron chi connectivity index (χ0n) is 49.6. The van der Waals surface area contributed by atoms with Gasteiger partial charge >= 0.3 is 10.4 Å². The Morgan fingerprint density at radius 3 is 1.71 bits per heavy atom. The molecule has 9 aliphatic rings. The van der Waals surface area contributed by atoms with Crippen LogP contribution in [0.1, 0.15) is 107 Å². The zero-order valence-corrected chi connectivity index (χ0v) is 50.4. The molecule has 5 saturated heterocycles. The minimum Gasteiger partial charge on any atom is -0.394 e. The second-order valence-corrected chi connectivity index (χ2v) is 27.4. The summed E-state index contributed by atoms with van der Waals surface area (Å²) in [6.45, 7) is 12.6. The highest BCUT2D eigenvalue weighted by atomic mass is 32.3. The minimum absolute atomic E-state index is 0.0661. The molecule has 3 saturated carbocycles. The molecule has 0 bridgehead atoms. The molecule has 5 aliphatic heterocycles. The van der Waals surface area contributed by atoms with Gasteiger partial charge in [-0.2, -0.15) is 8.42 Å². The topological polar surface area (TPSA) is 436 Å². The number of rotatable bonds is 18. The zero-order chi connectivity index (χ0) is 63.0. The van der Waals surface area contributed by atoms with Crippen LogP contribution in [0.2, 0.25) is 0 Å². The molecule has 3 unspecified atom stereocenters. The standard InChI is InChI=1S/C57H92O28S/c1-21(2)15-26(60)16-22(3)29-9-10-30-28-18-33(32-17-27(85-86(72,73)74)11-13-57(32,8)31(28)12-14-56(29,30)7)78-53-46(71)48(39(64)35(20-59)79-53)82-54-50(84-52-44(69)41(66)37(62)24(5)76-52)45(70)47(25(6)77-54)81-55-49(42(67)38(63)34(19-58)80-55)83-51-43(68)40(65)36(61)23(4)75-51/h12,15,22-25,27-30,32-55,58-59,61-71H,9-11,13-14,16-20H2,1-8H3,(H,72,73,74)/t22-,23-,24-,25-,27+,28?,29-,30?,32?,33+,34-,35-,36+,37-,38+,39-,40+,41+,42+,43-,44-,45+,46-,47-,48+,49-,50-,51+,52+,53-,54+,55+,56-,57-/m1/s1. The van der Waals surface area contributed by atoms with Gasteiger partial charge in [0.2, 0.25) is 0 Å². The predicted molar refractivity (Wildman–Crippen MR) is 290 cm³/mol. The van der Waals surface area contributed by atoms with Crippen LogP contribution in [0.4, 0.5) is 0 Å². The van der Waals surface area contributed by atoms with Crippen molar-refractivity contribution >= 4 is 16.2 Å². The highest BCUT2D eigenvalue weighted by Crippen LogP contribution is 2.67. The SMILES string of the molecule is CC(C)=CC(=O)C[C@@H](C)[C@H]1CCC2C3C[C@H](O[C@@H]4O[C@H](CO)[C@@H](O)[C@H](O[C@@H]5O[C@H](C)[C@@H](O[C@@H]6O[C@H](CO)[C@H](O)[C@H](O)[C@H]6O[C@@H]6O[C@H](C)[C@H](O)[C@H](O)[C@H]6O)[C@H](O)[C@H]5O[C@@H]5O[C@H](C)[C@@H](O)[C@H](O)[C@H]5O)[C@H]4O)C4C[C@@H](OS(=O)(=O)O)CC[C@]4(C)C3=CC[C@@]21C. The Hall–Kier alpha value is -1.90. The fraction of sp³-hybridized carbons (Fsp3) is 0.912. The third kappa shape index (κ3) is 13.5. The molecular formula is C57H92O28S. The molecule has 0 aromatic heterocycles. The Kier molecular flexibility index (Phi) is 21.5. The number of carbonyl (C=O) groups excluding carboxylic acids is 1. The normalized spacial score (nSPS) is 51.1. The fourth-order valence-electron chi connectivity index (χ4n) is 15.8. The summed E-state index contributed by atoms with van der Waals surface area (Å²) >= 11 is 0. The summed E-state index contributed by atoms with van der Waals surface area (Å²) in [5.74, 6) is -0.164. The lowest BCUT2D eigenvalue weighted by Crippen LogP contribution is -2.68. The third-order valence-corrected chi connectivity index (χ3v) is 21.0. The van der Waals surface area contributed by atoms with Gasteiger partial charge < -0.3 is 114 Å². The fourth-order valence-corrected chi connectivity index (χ4v) is 16.4. The number of hydrogen-bond acceptors (Lipinski definition) is 27. The third-order valence-electron chi connectivity index (χ3n) is 20.5. The molecule has 14 N–H and O–H groups in total. The van der Waals surface area contributed by atoms with Gasteiger partial charge in [-0.15, -0.1) is 0 Å². The lowest BCUT2D eigenvalue weighted by atomic mass is 9.47. The quantitative estimate of drug-likeness (QED) is 0.0383. The van der Waals surface area contributed by atoms with E-state index in [1.807, 2.05) is 13.8 Å². The van der Waals surface area contributed by atoms with Gasteiger partial charge in [0, 0.05) is 6.42 Å². The summed E-state index contributed by atoms with van der Waals surface area (Å²) in [5.41, 5.74) is 1.24. The van der Waals surface area contributed by atoms with E-state index in [0.717, 1.165) is 24.8 Å². The van der Waals surface area contributed by atoms with Crippen LogP contribution in [-0.4, -0.2) is 264 Å². The van der Waals surface area contributed by atoms with Crippen molar-refractivity contribution in [2.24, 2.45) is 40.4 Å². The van der Waals surface area contributed by atoms with Crippen molar-refractivity contribution in [3.63, 3.8) is 0 Å². The van der Waals surface area contributed by atoms with Gasteiger partial charge in [0.25, 0.3) is 0 Å². The van der Waals surface area contributed by atoms with E-state index >= 15 is 0 Å². The van der Waals surface area contributed by atoms with Crippen LogP contribution in [0.25, 0.3) is 0 Å². The number of ether oxygens (including phenoxy) is 10. The van der Waals surface area contributed by atoms with Gasteiger partial charge in [-0.1, -0.05) is 38.0 Å². The van der Waals surface area contributed by atoms with Crippen LogP contribution < -0.4 is 0 Å². The first-order valence-corrected chi connectivity index (χ1v) is 31.5. The number of allylic oxidation sites excluding steroid dienone is 4. The Labute approximate surface area is 499 Å². The van der Waals surface area contributed by atoms with E-state index in [-0.39, 0.29) is 47.7 Å². The molecule has 0 aromatic carbocycles.